The van der Waals surface area contributed by atoms with Gasteiger partial charge in [-0.05, 0) is 80.0 Å². The Balaban J connectivity index is 1.64. The van der Waals surface area contributed by atoms with Crippen LogP contribution in [0.2, 0.25) is 0 Å². The largest absolute Gasteiger partial charge is 0.394 e. The molecule has 0 saturated heterocycles. The van der Waals surface area contributed by atoms with Crippen molar-refractivity contribution in [3.8, 4) is 0 Å². The molecule has 0 spiro atoms. The fourth-order valence-electron chi connectivity index (χ4n) is 5.33. The lowest BCUT2D eigenvalue weighted by atomic mass is 9.48. The van der Waals surface area contributed by atoms with Crippen LogP contribution in [0.4, 0.5) is 5.69 Å². The van der Waals surface area contributed by atoms with Crippen molar-refractivity contribution < 1.29 is 5.11 Å². The summed E-state index contributed by atoms with van der Waals surface area (Å²) in [6.45, 7) is 0.276. The van der Waals surface area contributed by atoms with Gasteiger partial charge in [0.25, 0.3) is 0 Å². The van der Waals surface area contributed by atoms with Crippen LogP contribution in [-0.2, 0) is 0 Å². The van der Waals surface area contributed by atoms with E-state index in [-0.39, 0.29) is 12.1 Å². The fourth-order valence-corrected chi connectivity index (χ4v) is 5.59. The number of halogens is 1. The van der Waals surface area contributed by atoms with Gasteiger partial charge in [0.1, 0.15) is 0 Å². The van der Waals surface area contributed by atoms with Crippen LogP contribution in [0.1, 0.15) is 32.1 Å². The Morgan fingerprint density at radius 2 is 1.55 bits per heavy atom. The SMILES string of the molecule is OCC1(Nc2ccc(Br)cc2)C2CC3CC(C2)CC1C3. The Bertz CT molecular complexity index is 470. The molecule has 0 heterocycles. The summed E-state index contributed by atoms with van der Waals surface area (Å²) >= 11 is 3.49. The third-order valence-corrected chi connectivity index (χ3v) is 6.61. The molecule has 5 rings (SSSR count). The van der Waals surface area contributed by atoms with Gasteiger partial charge in [0.15, 0.2) is 0 Å². The molecule has 4 fully saturated rings. The maximum absolute atomic E-state index is 10.2. The monoisotopic (exact) mass is 335 g/mol. The maximum Gasteiger partial charge on any atom is 0.0667 e. The zero-order chi connectivity index (χ0) is 13.7. The first-order valence-corrected chi connectivity index (χ1v) is 8.63. The first-order valence-electron chi connectivity index (χ1n) is 7.84. The molecule has 0 radical (unpaired) electrons. The number of hydrogen-bond acceptors (Lipinski definition) is 2. The lowest BCUT2D eigenvalue weighted by molar-refractivity contribution is -0.0655. The molecule has 0 atom stereocenters. The number of benzene rings is 1. The summed E-state index contributed by atoms with van der Waals surface area (Å²) in [4.78, 5) is 0. The first-order chi connectivity index (χ1) is 9.69. The van der Waals surface area contributed by atoms with Crippen molar-refractivity contribution in [1.29, 1.82) is 0 Å². The highest BCUT2D eigenvalue weighted by molar-refractivity contribution is 9.10. The zero-order valence-electron chi connectivity index (χ0n) is 11.7. The number of rotatable bonds is 3. The van der Waals surface area contributed by atoms with Crippen LogP contribution in [0.15, 0.2) is 28.7 Å². The quantitative estimate of drug-likeness (QED) is 0.873. The number of anilines is 1. The van der Waals surface area contributed by atoms with Crippen LogP contribution in [0, 0.1) is 23.7 Å². The second-order valence-corrected chi connectivity index (χ2v) is 8.05. The zero-order valence-corrected chi connectivity index (χ0v) is 13.3. The Kier molecular flexibility index (Phi) is 3.11. The Hall–Kier alpha value is -0.540. The van der Waals surface area contributed by atoms with Crippen molar-refractivity contribution in [1.82, 2.24) is 0 Å². The van der Waals surface area contributed by atoms with E-state index in [1.807, 2.05) is 0 Å². The number of hydrogen-bond donors (Lipinski definition) is 2. The topological polar surface area (TPSA) is 32.3 Å². The molecule has 0 aromatic heterocycles. The average Bonchev–Trinajstić information content (AvgIpc) is 2.44. The molecule has 3 heteroatoms. The summed E-state index contributed by atoms with van der Waals surface area (Å²) in [5, 5.41) is 13.9. The van der Waals surface area contributed by atoms with Crippen molar-refractivity contribution in [3.05, 3.63) is 28.7 Å². The van der Waals surface area contributed by atoms with Gasteiger partial charge in [-0.2, -0.15) is 0 Å². The third-order valence-electron chi connectivity index (χ3n) is 6.08. The molecule has 4 aliphatic carbocycles. The Morgan fingerprint density at radius 1 is 1.00 bits per heavy atom. The molecule has 2 N–H and O–H groups in total. The molecule has 0 aliphatic heterocycles. The minimum Gasteiger partial charge on any atom is -0.394 e. The van der Waals surface area contributed by atoms with E-state index in [1.165, 1.54) is 32.1 Å². The molecule has 1 aromatic carbocycles. The molecule has 4 aliphatic rings. The summed E-state index contributed by atoms with van der Waals surface area (Å²) in [6.07, 6.45) is 6.72. The molecule has 4 saturated carbocycles. The van der Waals surface area contributed by atoms with Crippen LogP contribution in [-0.4, -0.2) is 17.3 Å². The highest BCUT2D eigenvalue weighted by Crippen LogP contribution is 2.58. The summed E-state index contributed by atoms with van der Waals surface area (Å²) in [5.41, 5.74) is 1.08. The number of aliphatic hydroxyl groups excluding tert-OH is 1. The molecular formula is C17H22BrNO. The van der Waals surface area contributed by atoms with Gasteiger partial charge in [-0.3, -0.25) is 0 Å². The van der Waals surface area contributed by atoms with Crippen LogP contribution in [0.3, 0.4) is 0 Å². The van der Waals surface area contributed by atoms with Gasteiger partial charge < -0.3 is 10.4 Å². The van der Waals surface area contributed by atoms with Gasteiger partial charge in [-0.25, -0.2) is 0 Å². The highest BCUT2D eigenvalue weighted by atomic mass is 79.9. The molecule has 2 nitrogen and oxygen atoms in total. The van der Waals surface area contributed by atoms with Crippen LogP contribution < -0.4 is 5.32 Å². The Morgan fingerprint density at radius 3 is 2.05 bits per heavy atom. The predicted octanol–water partition coefficient (Wildman–Crippen LogP) is 4.05. The van der Waals surface area contributed by atoms with Gasteiger partial charge in [-0.15, -0.1) is 0 Å². The summed E-state index contributed by atoms with van der Waals surface area (Å²) < 4.78 is 1.10. The van der Waals surface area contributed by atoms with E-state index in [9.17, 15) is 5.11 Å². The molecule has 0 unspecified atom stereocenters. The van der Waals surface area contributed by atoms with Crippen molar-refractivity contribution in [2.45, 2.75) is 37.6 Å². The predicted molar refractivity (Wildman–Crippen MR) is 84.6 cm³/mol. The van der Waals surface area contributed by atoms with E-state index >= 15 is 0 Å². The second-order valence-electron chi connectivity index (χ2n) is 7.13. The van der Waals surface area contributed by atoms with E-state index in [0.717, 1.165) is 22.0 Å². The van der Waals surface area contributed by atoms with Crippen molar-refractivity contribution in [2.24, 2.45) is 23.7 Å². The molecule has 0 amide bonds. The van der Waals surface area contributed by atoms with Crippen molar-refractivity contribution in [3.63, 3.8) is 0 Å². The molecule has 1 aromatic rings. The van der Waals surface area contributed by atoms with Gasteiger partial charge in [0.2, 0.25) is 0 Å². The van der Waals surface area contributed by atoms with Gasteiger partial charge in [0.05, 0.1) is 12.1 Å². The van der Waals surface area contributed by atoms with E-state index < -0.39 is 0 Å². The molecule has 4 bridgehead atoms. The normalized spacial score (nSPS) is 41.9. The maximum atomic E-state index is 10.2. The van der Waals surface area contributed by atoms with Crippen molar-refractivity contribution in [2.75, 3.05) is 11.9 Å². The lowest BCUT2D eigenvalue weighted by Crippen LogP contribution is -2.63. The molecule has 108 valence electrons. The summed E-state index contributed by atoms with van der Waals surface area (Å²) in [6, 6.07) is 8.38. The number of aliphatic hydroxyl groups is 1. The number of nitrogens with one attached hydrogen (secondary N) is 1. The van der Waals surface area contributed by atoms with E-state index in [2.05, 4.69) is 45.5 Å². The van der Waals surface area contributed by atoms with Crippen LogP contribution >= 0.6 is 15.9 Å². The molecular weight excluding hydrogens is 314 g/mol. The first kappa shape index (κ1) is 13.1. The van der Waals surface area contributed by atoms with E-state index in [4.69, 9.17) is 0 Å². The average molecular weight is 336 g/mol. The minimum absolute atomic E-state index is 0.0682. The summed E-state index contributed by atoms with van der Waals surface area (Å²) in [5.74, 6) is 3.19. The van der Waals surface area contributed by atoms with Gasteiger partial charge in [-0.1, -0.05) is 15.9 Å². The minimum atomic E-state index is -0.0682. The van der Waals surface area contributed by atoms with E-state index in [0.29, 0.717) is 11.8 Å². The van der Waals surface area contributed by atoms with Gasteiger partial charge >= 0.3 is 0 Å². The Labute approximate surface area is 129 Å². The second kappa shape index (κ2) is 4.74. The standard InChI is InChI=1S/C17H22BrNO/c18-15-1-3-16(4-2-15)19-17(10-20)13-6-11-5-12(8-13)9-14(17)7-11/h1-4,11-14,19-20H,5-10H2. The lowest BCUT2D eigenvalue weighted by Gasteiger charge is -2.61. The third kappa shape index (κ3) is 1.93. The smallest absolute Gasteiger partial charge is 0.0667 e. The van der Waals surface area contributed by atoms with Crippen LogP contribution in [0.25, 0.3) is 0 Å². The summed E-state index contributed by atoms with van der Waals surface area (Å²) in [7, 11) is 0. The van der Waals surface area contributed by atoms with Crippen molar-refractivity contribution >= 4 is 21.6 Å². The highest BCUT2D eigenvalue weighted by Gasteiger charge is 2.56. The van der Waals surface area contributed by atoms with Crippen LogP contribution in [0.5, 0.6) is 0 Å². The fraction of sp³-hybridized carbons (Fsp3) is 0.647. The van der Waals surface area contributed by atoms with E-state index in [1.54, 1.807) is 0 Å². The van der Waals surface area contributed by atoms with Gasteiger partial charge in [0, 0.05) is 10.2 Å². The molecule has 20 heavy (non-hydrogen) atoms.